The number of hydrogen-bond donors (Lipinski definition) is 1. The monoisotopic (exact) mass is 469 g/mol. The lowest BCUT2D eigenvalue weighted by molar-refractivity contribution is -0.115. The van der Waals surface area contributed by atoms with Gasteiger partial charge in [-0.05, 0) is 48.5 Å². The molecule has 0 saturated heterocycles. The van der Waals surface area contributed by atoms with Crippen molar-refractivity contribution in [3.63, 3.8) is 0 Å². The number of nitrogens with one attached hydrogen (secondary N) is 1. The Kier molecular flexibility index (Phi) is 6.69. The molecule has 0 spiro atoms. The second-order valence-corrected chi connectivity index (χ2v) is 9.31. The number of hydrogen-bond acceptors (Lipinski definition) is 7. The highest BCUT2D eigenvalue weighted by Gasteiger charge is 2.20. The van der Waals surface area contributed by atoms with E-state index < -0.39 is 15.7 Å². The van der Waals surface area contributed by atoms with E-state index >= 15 is 0 Å². The van der Waals surface area contributed by atoms with Gasteiger partial charge in [0, 0.05) is 18.2 Å². The number of carbonyl (C=O) groups excluding carboxylic acids is 1. The van der Waals surface area contributed by atoms with Crippen LogP contribution in [0.1, 0.15) is 6.42 Å². The molecule has 0 aliphatic carbocycles. The number of para-hydroxylation sites is 2. The van der Waals surface area contributed by atoms with Gasteiger partial charge in [0.05, 0.1) is 17.8 Å². The molecule has 172 valence electrons. The van der Waals surface area contributed by atoms with Crippen LogP contribution >= 0.6 is 0 Å². The number of fused-ring (bicyclic) bond motifs is 1. The Hall–Kier alpha value is -3.72. The minimum Gasteiger partial charge on any atom is -0.493 e. The van der Waals surface area contributed by atoms with Crippen LogP contribution in [0, 0.1) is 0 Å². The molecule has 0 bridgehead atoms. The molecule has 4 rings (SSSR count). The molecule has 0 fully saturated rings. The molecule has 1 N–H and O–H groups in total. The molecule has 8 nitrogen and oxygen atoms in total. The summed E-state index contributed by atoms with van der Waals surface area (Å²) in [7, 11) is -2.09. The molecule has 1 aliphatic heterocycles. The number of benzene rings is 3. The molecular weight excluding hydrogens is 446 g/mol. The van der Waals surface area contributed by atoms with Crippen molar-refractivity contribution in [3.8, 4) is 28.7 Å². The highest BCUT2D eigenvalue weighted by molar-refractivity contribution is 7.91. The zero-order valence-electron chi connectivity index (χ0n) is 17.9. The van der Waals surface area contributed by atoms with Crippen LogP contribution in [0.25, 0.3) is 0 Å². The topological polar surface area (TPSA) is 100 Å². The van der Waals surface area contributed by atoms with E-state index in [9.17, 15) is 13.2 Å². The van der Waals surface area contributed by atoms with Gasteiger partial charge in [0.2, 0.25) is 5.91 Å². The van der Waals surface area contributed by atoms with Crippen molar-refractivity contribution < 1.29 is 32.2 Å². The summed E-state index contributed by atoms with van der Waals surface area (Å²) in [5.74, 6) is 1.91. The first-order valence-electron chi connectivity index (χ1n) is 10.3. The minimum absolute atomic E-state index is 0.0948. The Morgan fingerprint density at radius 3 is 2.36 bits per heavy atom. The van der Waals surface area contributed by atoms with Crippen molar-refractivity contribution >= 4 is 21.4 Å². The predicted molar refractivity (Wildman–Crippen MR) is 122 cm³/mol. The lowest BCUT2D eigenvalue weighted by Crippen LogP contribution is -2.18. The standard InChI is InChI=1S/C24H23NO7S/c1-29-20-4-2-3-5-22(20)32-18-8-6-17(7-9-18)25-24(26)12-15-33(27,28)19-10-11-21-23(16-19)31-14-13-30-21/h2-11,16H,12-15H2,1H3,(H,25,26). The van der Waals surface area contributed by atoms with Crippen molar-refractivity contribution in [1.29, 1.82) is 0 Å². The second-order valence-electron chi connectivity index (χ2n) is 7.20. The number of anilines is 1. The number of rotatable bonds is 8. The Labute approximate surface area is 192 Å². The Morgan fingerprint density at radius 2 is 1.64 bits per heavy atom. The van der Waals surface area contributed by atoms with E-state index in [0.717, 1.165) is 0 Å². The van der Waals surface area contributed by atoms with Crippen molar-refractivity contribution in [3.05, 3.63) is 66.7 Å². The second kappa shape index (κ2) is 9.83. The molecule has 1 aliphatic rings. The quantitative estimate of drug-likeness (QED) is 0.531. The molecule has 9 heteroatoms. The van der Waals surface area contributed by atoms with Crippen LogP contribution in [0.15, 0.2) is 71.6 Å². The summed E-state index contributed by atoms with van der Waals surface area (Å²) in [5, 5.41) is 2.70. The summed E-state index contributed by atoms with van der Waals surface area (Å²) in [6.45, 7) is 0.786. The van der Waals surface area contributed by atoms with E-state index in [-0.39, 0.29) is 17.1 Å². The maximum Gasteiger partial charge on any atom is 0.225 e. The predicted octanol–water partition coefficient (Wildman–Crippen LogP) is 4.06. The highest BCUT2D eigenvalue weighted by Crippen LogP contribution is 2.33. The van der Waals surface area contributed by atoms with Crippen LogP contribution < -0.4 is 24.3 Å². The molecular formula is C24H23NO7S. The van der Waals surface area contributed by atoms with E-state index in [0.29, 0.717) is 47.6 Å². The maximum atomic E-state index is 12.6. The molecule has 3 aromatic rings. The van der Waals surface area contributed by atoms with Crippen LogP contribution in [0.5, 0.6) is 28.7 Å². The maximum absolute atomic E-state index is 12.6. The van der Waals surface area contributed by atoms with Gasteiger partial charge in [-0.1, -0.05) is 12.1 Å². The molecule has 3 aromatic carbocycles. The minimum atomic E-state index is -3.66. The first-order valence-corrected chi connectivity index (χ1v) is 11.9. The van der Waals surface area contributed by atoms with Crippen LogP contribution in [0.2, 0.25) is 0 Å². The fourth-order valence-corrected chi connectivity index (χ4v) is 4.47. The van der Waals surface area contributed by atoms with Crippen LogP contribution in [0.4, 0.5) is 5.69 Å². The average molecular weight is 470 g/mol. The van der Waals surface area contributed by atoms with Gasteiger partial charge in [-0.25, -0.2) is 8.42 Å². The van der Waals surface area contributed by atoms with Crippen molar-refractivity contribution in [1.82, 2.24) is 0 Å². The summed E-state index contributed by atoms with van der Waals surface area (Å²) in [6.07, 6.45) is -0.184. The third-order valence-electron chi connectivity index (χ3n) is 4.91. The van der Waals surface area contributed by atoms with Crippen LogP contribution in [-0.4, -0.2) is 40.4 Å². The van der Waals surface area contributed by atoms with E-state index in [2.05, 4.69) is 5.32 Å². The van der Waals surface area contributed by atoms with Crippen molar-refractivity contribution in [2.45, 2.75) is 11.3 Å². The summed E-state index contributed by atoms with van der Waals surface area (Å²) < 4.78 is 47.2. The molecule has 0 radical (unpaired) electrons. The molecule has 0 aromatic heterocycles. The van der Waals surface area contributed by atoms with Gasteiger partial charge in [0.15, 0.2) is 32.8 Å². The third-order valence-corrected chi connectivity index (χ3v) is 6.62. The number of carbonyl (C=O) groups is 1. The fraction of sp³-hybridized carbons (Fsp3) is 0.208. The normalized spacial score (nSPS) is 12.6. The summed E-state index contributed by atoms with van der Waals surface area (Å²) in [4.78, 5) is 12.4. The molecule has 0 saturated carbocycles. The van der Waals surface area contributed by atoms with Gasteiger partial charge in [0.25, 0.3) is 0 Å². The largest absolute Gasteiger partial charge is 0.493 e. The third kappa shape index (κ3) is 5.56. The van der Waals surface area contributed by atoms with E-state index in [1.807, 2.05) is 12.1 Å². The fourth-order valence-electron chi connectivity index (χ4n) is 3.22. The molecule has 33 heavy (non-hydrogen) atoms. The van der Waals surface area contributed by atoms with E-state index in [4.69, 9.17) is 18.9 Å². The van der Waals surface area contributed by atoms with Crippen LogP contribution in [-0.2, 0) is 14.6 Å². The zero-order valence-corrected chi connectivity index (χ0v) is 18.8. The van der Waals surface area contributed by atoms with Gasteiger partial charge >= 0.3 is 0 Å². The zero-order chi connectivity index (χ0) is 23.3. The van der Waals surface area contributed by atoms with Crippen molar-refractivity contribution in [2.75, 3.05) is 31.4 Å². The van der Waals surface area contributed by atoms with E-state index in [1.165, 1.54) is 12.1 Å². The Bertz CT molecular complexity index is 1240. The first kappa shape index (κ1) is 22.5. The number of amides is 1. The SMILES string of the molecule is COc1ccccc1Oc1ccc(NC(=O)CCS(=O)(=O)c2ccc3c(c2)OCCO3)cc1. The summed E-state index contributed by atoms with van der Waals surface area (Å²) in [5.41, 5.74) is 0.532. The Balaban J connectivity index is 1.33. The number of methoxy groups -OCH3 is 1. The Morgan fingerprint density at radius 1 is 0.939 bits per heavy atom. The lowest BCUT2D eigenvalue weighted by Gasteiger charge is -2.18. The summed E-state index contributed by atoms with van der Waals surface area (Å²) >= 11 is 0. The summed E-state index contributed by atoms with van der Waals surface area (Å²) in [6, 6.07) is 18.5. The van der Waals surface area contributed by atoms with E-state index in [1.54, 1.807) is 49.6 Å². The first-order chi connectivity index (χ1) is 15.9. The van der Waals surface area contributed by atoms with Crippen LogP contribution in [0.3, 0.4) is 0 Å². The lowest BCUT2D eigenvalue weighted by atomic mass is 10.3. The molecule has 1 amide bonds. The number of ether oxygens (including phenoxy) is 4. The van der Waals surface area contributed by atoms with Crippen molar-refractivity contribution in [2.24, 2.45) is 0 Å². The van der Waals surface area contributed by atoms with Gasteiger partial charge < -0.3 is 24.3 Å². The van der Waals surface area contributed by atoms with Gasteiger partial charge in [-0.2, -0.15) is 0 Å². The molecule has 0 atom stereocenters. The number of sulfone groups is 1. The molecule has 0 unspecified atom stereocenters. The highest BCUT2D eigenvalue weighted by atomic mass is 32.2. The molecule has 1 heterocycles. The van der Waals surface area contributed by atoms with Gasteiger partial charge in [-0.3, -0.25) is 4.79 Å². The van der Waals surface area contributed by atoms with Gasteiger partial charge in [-0.15, -0.1) is 0 Å². The van der Waals surface area contributed by atoms with Gasteiger partial charge in [0.1, 0.15) is 19.0 Å². The average Bonchev–Trinajstić information content (AvgIpc) is 2.84. The smallest absolute Gasteiger partial charge is 0.225 e.